The summed E-state index contributed by atoms with van der Waals surface area (Å²) in [5.74, 6) is 0.925. The Balaban J connectivity index is 1.63. The van der Waals surface area contributed by atoms with E-state index in [0.717, 1.165) is 46.8 Å². The number of nitrogens with zero attached hydrogens (tertiary/aromatic N) is 5. The summed E-state index contributed by atoms with van der Waals surface area (Å²) >= 11 is 0. The molecule has 35 heavy (non-hydrogen) atoms. The molecule has 7 nitrogen and oxygen atoms in total. The zero-order valence-electron chi connectivity index (χ0n) is 20.0. The molecular formula is C28H29N7. The minimum Gasteiger partial charge on any atom is -0.312 e. The van der Waals surface area contributed by atoms with Crippen molar-refractivity contribution in [1.29, 1.82) is 0 Å². The van der Waals surface area contributed by atoms with Gasteiger partial charge in [0.05, 0.1) is 17.3 Å². The molecular weight excluding hydrogens is 434 g/mol. The third-order valence-corrected chi connectivity index (χ3v) is 6.77. The third-order valence-electron chi connectivity index (χ3n) is 6.77. The summed E-state index contributed by atoms with van der Waals surface area (Å²) < 4.78 is 2.06. The van der Waals surface area contributed by atoms with E-state index in [1.165, 1.54) is 17.2 Å². The monoisotopic (exact) mass is 463 g/mol. The lowest BCUT2D eigenvalue weighted by atomic mass is 9.97. The summed E-state index contributed by atoms with van der Waals surface area (Å²) in [7, 11) is 0. The highest BCUT2D eigenvalue weighted by Gasteiger charge is 2.31. The molecule has 0 bridgehead atoms. The van der Waals surface area contributed by atoms with Crippen molar-refractivity contribution >= 4 is 16.4 Å². The van der Waals surface area contributed by atoms with Crippen LogP contribution in [0, 0.1) is 0 Å². The second kappa shape index (κ2) is 9.17. The average molecular weight is 464 g/mol. The summed E-state index contributed by atoms with van der Waals surface area (Å²) in [6.07, 6.45) is 7.70. The molecule has 2 aromatic carbocycles. The molecule has 0 spiro atoms. The van der Waals surface area contributed by atoms with Crippen LogP contribution in [0.1, 0.15) is 38.6 Å². The first-order valence-electron chi connectivity index (χ1n) is 12.3. The lowest BCUT2D eigenvalue weighted by Crippen LogP contribution is -2.42. The maximum atomic E-state index is 5.35. The number of benzene rings is 2. The van der Waals surface area contributed by atoms with Crippen molar-refractivity contribution < 1.29 is 0 Å². The van der Waals surface area contributed by atoms with E-state index in [1.54, 1.807) is 6.33 Å². The fraction of sp³-hybridized carbons (Fsp3) is 0.286. The zero-order valence-corrected chi connectivity index (χ0v) is 20.0. The number of rotatable bonds is 6. The molecule has 5 aromatic rings. The van der Waals surface area contributed by atoms with Gasteiger partial charge in [0.25, 0.3) is 0 Å². The van der Waals surface area contributed by atoms with Crippen LogP contribution in [-0.2, 0) is 0 Å². The Morgan fingerprint density at radius 1 is 1.00 bits per heavy atom. The predicted octanol–water partition coefficient (Wildman–Crippen LogP) is 4.80. The van der Waals surface area contributed by atoms with Gasteiger partial charge in [0.1, 0.15) is 12.2 Å². The lowest BCUT2D eigenvalue weighted by molar-refractivity contribution is 0.367. The fourth-order valence-electron chi connectivity index (χ4n) is 5.18. The molecule has 1 aliphatic heterocycles. The highest BCUT2D eigenvalue weighted by atomic mass is 15.3. The summed E-state index contributed by atoms with van der Waals surface area (Å²) in [4.78, 5) is 9.59. The van der Waals surface area contributed by atoms with Gasteiger partial charge in [0.2, 0.25) is 0 Å². The van der Waals surface area contributed by atoms with Crippen molar-refractivity contribution in [3.8, 4) is 22.4 Å². The molecule has 0 amide bonds. The number of hydrogen-bond donors (Lipinski definition) is 2. The minimum atomic E-state index is 0.0299. The Hall–Kier alpha value is -3.68. The van der Waals surface area contributed by atoms with Crippen molar-refractivity contribution in [3.05, 3.63) is 79.1 Å². The van der Waals surface area contributed by atoms with Gasteiger partial charge < -0.3 is 10.6 Å². The molecule has 6 rings (SSSR count). The molecule has 0 radical (unpaired) electrons. The Morgan fingerprint density at radius 3 is 2.60 bits per heavy atom. The molecule has 3 aromatic heterocycles. The molecule has 176 valence electrons. The SMILES string of the molecule is CC(C)NC(c1nc(-c2ccncc2)c(-c2ccc3ccccc3c2)c2nncn12)C1CCCN1. The maximum Gasteiger partial charge on any atom is 0.172 e. The van der Waals surface area contributed by atoms with E-state index < -0.39 is 0 Å². The van der Waals surface area contributed by atoms with Crippen LogP contribution in [0.25, 0.3) is 38.8 Å². The summed E-state index contributed by atoms with van der Waals surface area (Å²) in [5, 5.41) is 18.8. The van der Waals surface area contributed by atoms with Gasteiger partial charge >= 0.3 is 0 Å². The van der Waals surface area contributed by atoms with Gasteiger partial charge in [-0.2, -0.15) is 0 Å². The lowest BCUT2D eigenvalue weighted by Gasteiger charge is -2.28. The van der Waals surface area contributed by atoms with Crippen LogP contribution in [-0.4, -0.2) is 43.2 Å². The predicted molar refractivity (Wildman–Crippen MR) is 139 cm³/mol. The van der Waals surface area contributed by atoms with E-state index in [1.807, 2.05) is 24.5 Å². The standard InChI is InChI=1S/C28H29N7/c1-18(2)32-26(23-8-5-13-30-23)28-33-25(20-11-14-29-15-12-20)24(27-34-31-17-35(27)28)22-10-9-19-6-3-4-7-21(19)16-22/h3-4,6-7,9-12,14-18,23,26,30,32H,5,8,13H2,1-2H3. The summed E-state index contributed by atoms with van der Waals surface area (Å²) in [6.45, 7) is 5.38. The number of nitrogens with one attached hydrogen (secondary N) is 2. The van der Waals surface area contributed by atoms with Crippen LogP contribution >= 0.6 is 0 Å². The smallest absolute Gasteiger partial charge is 0.172 e. The van der Waals surface area contributed by atoms with Crippen molar-refractivity contribution in [1.82, 2.24) is 35.2 Å². The average Bonchev–Trinajstić information content (AvgIpc) is 3.59. The van der Waals surface area contributed by atoms with Crippen LogP contribution < -0.4 is 10.6 Å². The highest BCUT2D eigenvalue weighted by molar-refractivity contribution is 5.95. The van der Waals surface area contributed by atoms with Crippen molar-refractivity contribution in [2.24, 2.45) is 0 Å². The van der Waals surface area contributed by atoms with Gasteiger partial charge in [-0.3, -0.25) is 9.38 Å². The van der Waals surface area contributed by atoms with E-state index in [2.05, 4.69) is 86.5 Å². The molecule has 1 aliphatic rings. The number of fused-ring (bicyclic) bond motifs is 2. The van der Waals surface area contributed by atoms with Crippen molar-refractivity contribution in [2.45, 2.75) is 44.8 Å². The van der Waals surface area contributed by atoms with E-state index in [0.29, 0.717) is 12.1 Å². The molecule has 1 fully saturated rings. The van der Waals surface area contributed by atoms with Gasteiger partial charge in [0, 0.05) is 30.0 Å². The second-order valence-corrected chi connectivity index (χ2v) is 9.52. The first kappa shape index (κ1) is 21.8. The van der Waals surface area contributed by atoms with E-state index >= 15 is 0 Å². The molecule has 7 heteroatoms. The summed E-state index contributed by atoms with van der Waals surface area (Å²) in [6, 6.07) is 19.6. The number of pyridine rings is 1. The third kappa shape index (κ3) is 4.07. The highest BCUT2D eigenvalue weighted by Crippen LogP contribution is 2.37. The normalized spacial score (nSPS) is 16.9. The molecule has 2 unspecified atom stereocenters. The number of hydrogen-bond acceptors (Lipinski definition) is 6. The molecule has 0 saturated carbocycles. The van der Waals surface area contributed by atoms with Crippen LogP contribution in [0.3, 0.4) is 0 Å². The van der Waals surface area contributed by atoms with Crippen LogP contribution in [0.5, 0.6) is 0 Å². The van der Waals surface area contributed by atoms with Crippen LogP contribution in [0.15, 0.2) is 73.3 Å². The van der Waals surface area contributed by atoms with Crippen molar-refractivity contribution in [3.63, 3.8) is 0 Å². The van der Waals surface area contributed by atoms with Crippen LogP contribution in [0.4, 0.5) is 0 Å². The Bertz CT molecular complexity index is 1470. The van der Waals surface area contributed by atoms with E-state index in [-0.39, 0.29) is 6.04 Å². The Labute approximate surface area is 204 Å². The topological polar surface area (TPSA) is 80.0 Å². The van der Waals surface area contributed by atoms with Crippen LogP contribution in [0.2, 0.25) is 0 Å². The number of aromatic nitrogens is 5. The molecule has 0 aliphatic carbocycles. The fourth-order valence-corrected chi connectivity index (χ4v) is 5.18. The Morgan fingerprint density at radius 2 is 1.83 bits per heavy atom. The van der Waals surface area contributed by atoms with E-state index in [4.69, 9.17) is 4.98 Å². The Kier molecular flexibility index (Phi) is 5.72. The molecule has 4 heterocycles. The molecule has 1 saturated heterocycles. The maximum absolute atomic E-state index is 5.35. The first-order chi connectivity index (χ1) is 17.2. The van der Waals surface area contributed by atoms with Gasteiger partial charge in [-0.05, 0) is 53.9 Å². The van der Waals surface area contributed by atoms with Gasteiger partial charge in [-0.25, -0.2) is 4.98 Å². The second-order valence-electron chi connectivity index (χ2n) is 9.52. The minimum absolute atomic E-state index is 0.0299. The largest absolute Gasteiger partial charge is 0.312 e. The molecule has 2 N–H and O–H groups in total. The van der Waals surface area contributed by atoms with Gasteiger partial charge in [0.15, 0.2) is 5.65 Å². The van der Waals surface area contributed by atoms with Crippen molar-refractivity contribution in [2.75, 3.05) is 6.54 Å². The van der Waals surface area contributed by atoms with E-state index in [9.17, 15) is 0 Å². The summed E-state index contributed by atoms with van der Waals surface area (Å²) in [5.41, 5.74) is 4.76. The molecule has 2 atom stereocenters. The van der Waals surface area contributed by atoms with Gasteiger partial charge in [-0.1, -0.05) is 50.2 Å². The van der Waals surface area contributed by atoms with Gasteiger partial charge in [-0.15, -0.1) is 10.2 Å². The first-order valence-corrected chi connectivity index (χ1v) is 12.3. The quantitative estimate of drug-likeness (QED) is 0.377. The zero-order chi connectivity index (χ0) is 23.8.